The van der Waals surface area contributed by atoms with Crippen LogP contribution in [-0.4, -0.2) is 27.5 Å². The molecule has 5 nitrogen and oxygen atoms in total. The highest BCUT2D eigenvalue weighted by Crippen LogP contribution is 2.37. The Morgan fingerprint density at radius 2 is 1.80 bits per heavy atom. The molecule has 8 heteroatoms. The van der Waals surface area contributed by atoms with Gasteiger partial charge in [0, 0.05) is 30.6 Å². The number of aromatic nitrogens is 3. The lowest BCUT2D eigenvalue weighted by Crippen LogP contribution is -2.35. The first kappa shape index (κ1) is 19.8. The van der Waals surface area contributed by atoms with Crippen molar-refractivity contribution in [3.05, 3.63) is 72.2 Å². The van der Waals surface area contributed by atoms with Gasteiger partial charge in [0.1, 0.15) is 5.82 Å². The van der Waals surface area contributed by atoms with E-state index in [0.29, 0.717) is 18.5 Å². The summed E-state index contributed by atoms with van der Waals surface area (Å²) in [5.74, 6) is -0.300. The number of nitrogens with zero attached hydrogens (tertiary/aromatic N) is 5. The topological polar surface area (TPSA) is 65.7 Å². The van der Waals surface area contributed by atoms with Crippen molar-refractivity contribution < 1.29 is 13.2 Å². The second kappa shape index (κ2) is 8.11. The number of anilines is 1. The summed E-state index contributed by atoms with van der Waals surface area (Å²) < 4.78 is 40.7. The van der Waals surface area contributed by atoms with Gasteiger partial charge in [-0.15, -0.1) is 0 Å². The van der Waals surface area contributed by atoms with Crippen LogP contribution in [0, 0.1) is 11.3 Å². The smallest absolute Gasteiger partial charge is 0.352 e. The van der Waals surface area contributed by atoms with Crippen LogP contribution in [0.25, 0.3) is 11.4 Å². The number of alkyl halides is 3. The zero-order valence-electron chi connectivity index (χ0n) is 15.9. The quantitative estimate of drug-likeness (QED) is 0.617. The molecule has 2 aromatic heterocycles. The maximum absolute atomic E-state index is 13.6. The molecular weight excluding hydrogens is 391 g/mol. The number of pyridine rings is 1. The molecular formula is C22H18F3N5. The van der Waals surface area contributed by atoms with Crippen molar-refractivity contribution in [3.63, 3.8) is 0 Å². The number of benzene rings is 1. The Hall–Kier alpha value is -3.47. The van der Waals surface area contributed by atoms with Crippen LogP contribution >= 0.6 is 0 Å². The first-order chi connectivity index (χ1) is 14.5. The zero-order valence-corrected chi connectivity index (χ0v) is 15.9. The Kier molecular flexibility index (Phi) is 5.36. The van der Waals surface area contributed by atoms with E-state index in [-0.39, 0.29) is 17.7 Å². The Morgan fingerprint density at radius 1 is 1.07 bits per heavy atom. The molecule has 0 radical (unpaired) electrons. The maximum atomic E-state index is 13.6. The molecule has 0 amide bonds. The molecule has 30 heavy (non-hydrogen) atoms. The van der Waals surface area contributed by atoms with E-state index in [9.17, 15) is 18.4 Å². The molecule has 1 fully saturated rings. The second-order valence-electron chi connectivity index (χ2n) is 7.09. The van der Waals surface area contributed by atoms with Crippen LogP contribution in [0.15, 0.2) is 60.9 Å². The zero-order chi connectivity index (χ0) is 21.1. The van der Waals surface area contributed by atoms with E-state index < -0.39 is 17.8 Å². The fourth-order valence-electron chi connectivity index (χ4n) is 3.82. The third-order valence-corrected chi connectivity index (χ3v) is 5.22. The van der Waals surface area contributed by atoms with E-state index in [1.807, 2.05) is 35.2 Å². The number of hydrogen-bond donors (Lipinski definition) is 0. The van der Waals surface area contributed by atoms with E-state index in [1.165, 1.54) is 12.4 Å². The predicted octanol–water partition coefficient (Wildman–Crippen LogP) is 4.83. The number of halogens is 3. The van der Waals surface area contributed by atoms with Gasteiger partial charge in [0.05, 0.1) is 18.0 Å². The minimum atomic E-state index is -4.61. The fraction of sp³-hybridized carbons (Fsp3) is 0.273. The Balaban J connectivity index is 1.77. The molecule has 3 aromatic rings. The average Bonchev–Trinajstić information content (AvgIpc) is 3.24. The molecule has 0 saturated carbocycles. The highest BCUT2D eigenvalue weighted by atomic mass is 19.4. The van der Waals surface area contributed by atoms with Gasteiger partial charge in [0.2, 0.25) is 0 Å². The van der Waals surface area contributed by atoms with E-state index >= 15 is 0 Å². The van der Waals surface area contributed by atoms with Crippen LogP contribution in [0.1, 0.15) is 30.0 Å². The van der Waals surface area contributed by atoms with Crippen molar-refractivity contribution in [2.75, 3.05) is 11.4 Å². The molecule has 1 aliphatic rings. The van der Waals surface area contributed by atoms with Crippen LogP contribution in [0.2, 0.25) is 0 Å². The third-order valence-electron chi connectivity index (χ3n) is 5.22. The summed E-state index contributed by atoms with van der Waals surface area (Å²) in [7, 11) is 0. The molecule has 2 unspecified atom stereocenters. The molecule has 1 aromatic carbocycles. The Bertz CT molecular complexity index is 1050. The first-order valence-corrected chi connectivity index (χ1v) is 9.55. The Labute approximate surface area is 171 Å². The fourth-order valence-corrected chi connectivity index (χ4v) is 3.82. The standard InChI is InChI=1S/C22H18F3N5/c23-22(24,25)19-13-20(29-21(28-19)16-8-10-27-11-9-16)30-12-4-7-18(30)17(14-26)15-5-2-1-3-6-15/h1-3,5-6,8-11,13,17-18H,4,7,12H2. The van der Waals surface area contributed by atoms with Gasteiger partial charge in [-0.25, -0.2) is 9.97 Å². The van der Waals surface area contributed by atoms with Gasteiger partial charge in [-0.3, -0.25) is 4.98 Å². The minimum absolute atomic E-state index is 0.0129. The molecule has 0 bridgehead atoms. The third kappa shape index (κ3) is 3.96. The summed E-state index contributed by atoms with van der Waals surface area (Å²) in [6.45, 7) is 0.528. The van der Waals surface area contributed by atoms with Gasteiger partial charge < -0.3 is 4.90 Å². The van der Waals surface area contributed by atoms with Crippen molar-refractivity contribution in [1.82, 2.24) is 15.0 Å². The highest BCUT2D eigenvalue weighted by Gasteiger charge is 2.37. The summed E-state index contributed by atoms with van der Waals surface area (Å²) in [6, 6.07) is 15.5. The molecule has 2 atom stereocenters. The minimum Gasteiger partial charge on any atom is -0.352 e. The molecule has 4 rings (SSSR count). The van der Waals surface area contributed by atoms with Gasteiger partial charge >= 0.3 is 6.18 Å². The lowest BCUT2D eigenvalue weighted by Gasteiger charge is -2.30. The van der Waals surface area contributed by atoms with E-state index in [1.54, 1.807) is 12.1 Å². The normalized spacial score (nSPS) is 17.5. The molecule has 0 N–H and O–H groups in total. The van der Waals surface area contributed by atoms with Crippen LogP contribution < -0.4 is 4.90 Å². The summed E-state index contributed by atoms with van der Waals surface area (Å²) in [5, 5.41) is 9.82. The van der Waals surface area contributed by atoms with Crippen LogP contribution in [-0.2, 0) is 6.18 Å². The average molecular weight is 409 g/mol. The number of rotatable bonds is 4. The predicted molar refractivity (Wildman–Crippen MR) is 105 cm³/mol. The van der Waals surface area contributed by atoms with Crippen molar-refractivity contribution in [1.29, 1.82) is 5.26 Å². The van der Waals surface area contributed by atoms with Crippen molar-refractivity contribution in [3.8, 4) is 17.5 Å². The van der Waals surface area contributed by atoms with E-state index in [0.717, 1.165) is 18.1 Å². The monoisotopic (exact) mass is 409 g/mol. The first-order valence-electron chi connectivity index (χ1n) is 9.55. The Morgan fingerprint density at radius 3 is 2.47 bits per heavy atom. The molecule has 1 aliphatic heterocycles. The molecule has 3 heterocycles. The van der Waals surface area contributed by atoms with Gasteiger partial charge in [-0.2, -0.15) is 18.4 Å². The summed E-state index contributed by atoms with van der Waals surface area (Å²) in [6.07, 6.45) is -0.172. The van der Waals surface area contributed by atoms with Gasteiger partial charge in [0.25, 0.3) is 0 Å². The van der Waals surface area contributed by atoms with E-state index in [4.69, 9.17) is 0 Å². The lowest BCUT2D eigenvalue weighted by molar-refractivity contribution is -0.141. The molecule has 152 valence electrons. The molecule has 0 spiro atoms. The van der Waals surface area contributed by atoms with Crippen molar-refractivity contribution in [2.24, 2.45) is 0 Å². The molecule has 0 aliphatic carbocycles. The summed E-state index contributed by atoms with van der Waals surface area (Å²) >= 11 is 0. The van der Waals surface area contributed by atoms with E-state index in [2.05, 4.69) is 21.0 Å². The van der Waals surface area contributed by atoms with Gasteiger partial charge in [-0.1, -0.05) is 30.3 Å². The van der Waals surface area contributed by atoms with Gasteiger partial charge in [-0.05, 0) is 30.5 Å². The largest absolute Gasteiger partial charge is 0.433 e. The second-order valence-corrected chi connectivity index (χ2v) is 7.09. The number of hydrogen-bond acceptors (Lipinski definition) is 5. The van der Waals surface area contributed by atoms with Crippen molar-refractivity contribution in [2.45, 2.75) is 31.0 Å². The highest BCUT2D eigenvalue weighted by molar-refractivity contribution is 5.58. The van der Waals surface area contributed by atoms with Crippen LogP contribution in [0.5, 0.6) is 0 Å². The maximum Gasteiger partial charge on any atom is 0.433 e. The lowest BCUT2D eigenvalue weighted by atomic mass is 9.91. The van der Waals surface area contributed by atoms with Crippen LogP contribution in [0.3, 0.4) is 0 Å². The number of nitriles is 1. The van der Waals surface area contributed by atoms with Crippen LogP contribution in [0.4, 0.5) is 19.0 Å². The molecule has 1 saturated heterocycles. The summed E-state index contributed by atoms with van der Waals surface area (Å²) in [4.78, 5) is 13.9. The SMILES string of the molecule is N#CC(c1ccccc1)C1CCCN1c1cc(C(F)(F)F)nc(-c2ccncc2)n1. The van der Waals surface area contributed by atoms with Gasteiger partial charge in [0.15, 0.2) is 11.5 Å². The summed E-state index contributed by atoms with van der Waals surface area (Å²) in [5.41, 5.74) is 0.294. The van der Waals surface area contributed by atoms with Crippen molar-refractivity contribution >= 4 is 5.82 Å².